The van der Waals surface area contributed by atoms with Gasteiger partial charge in [-0.2, -0.15) is 0 Å². The van der Waals surface area contributed by atoms with Crippen molar-refractivity contribution < 1.29 is 29.0 Å². The predicted octanol–water partition coefficient (Wildman–Crippen LogP) is 4.52. The van der Waals surface area contributed by atoms with Gasteiger partial charge in [-0.25, -0.2) is 9.59 Å². The van der Waals surface area contributed by atoms with E-state index in [1.54, 1.807) is 20.8 Å². The first-order chi connectivity index (χ1) is 18.0. The summed E-state index contributed by atoms with van der Waals surface area (Å²) in [6, 6.07) is 7.97. The van der Waals surface area contributed by atoms with Crippen molar-refractivity contribution >= 4 is 18.1 Å². The van der Waals surface area contributed by atoms with Crippen molar-refractivity contribution in [1.82, 2.24) is 15.5 Å². The van der Waals surface area contributed by atoms with E-state index < -0.39 is 36.0 Å². The van der Waals surface area contributed by atoms with Gasteiger partial charge in [-0.15, -0.1) is 0 Å². The number of ether oxygens (including phenoxy) is 2. The molecule has 9 heteroatoms. The highest BCUT2D eigenvalue weighted by Crippen LogP contribution is 2.28. The SMILES string of the molecule is C[C@@H]1CC[C@H](NC(=O)C(CC2CCCCC2)NC(=O)OC(C)(C)C)[C@@H](O)CN1C(=O)OCc1ccccc1. The van der Waals surface area contributed by atoms with E-state index in [9.17, 15) is 19.5 Å². The van der Waals surface area contributed by atoms with E-state index >= 15 is 0 Å². The second-order valence-corrected chi connectivity index (χ2v) is 11.7. The van der Waals surface area contributed by atoms with Gasteiger partial charge in [0.05, 0.1) is 18.7 Å². The minimum absolute atomic E-state index is 0.0481. The van der Waals surface area contributed by atoms with Crippen LogP contribution in [-0.2, 0) is 20.9 Å². The molecule has 2 aliphatic rings. The van der Waals surface area contributed by atoms with E-state index in [4.69, 9.17) is 9.47 Å². The number of amides is 3. The van der Waals surface area contributed by atoms with Crippen molar-refractivity contribution in [2.75, 3.05) is 6.54 Å². The van der Waals surface area contributed by atoms with Crippen LogP contribution in [-0.4, -0.2) is 64.5 Å². The summed E-state index contributed by atoms with van der Waals surface area (Å²) < 4.78 is 10.9. The third-order valence-corrected chi connectivity index (χ3v) is 7.34. The molecule has 212 valence electrons. The van der Waals surface area contributed by atoms with Gasteiger partial charge in [-0.3, -0.25) is 4.79 Å². The average molecular weight is 532 g/mol. The summed E-state index contributed by atoms with van der Waals surface area (Å²) in [5.41, 5.74) is 0.206. The number of hydrogen-bond acceptors (Lipinski definition) is 6. The summed E-state index contributed by atoms with van der Waals surface area (Å²) in [6.45, 7) is 7.45. The Morgan fingerprint density at radius 3 is 2.39 bits per heavy atom. The second-order valence-electron chi connectivity index (χ2n) is 11.7. The summed E-state index contributed by atoms with van der Waals surface area (Å²) in [6.07, 6.45) is 5.05. The smallest absolute Gasteiger partial charge is 0.410 e. The number of nitrogens with one attached hydrogen (secondary N) is 2. The molecule has 0 bridgehead atoms. The molecule has 0 spiro atoms. The van der Waals surface area contributed by atoms with Crippen molar-refractivity contribution in [2.24, 2.45) is 5.92 Å². The Morgan fingerprint density at radius 2 is 1.74 bits per heavy atom. The fourth-order valence-electron chi connectivity index (χ4n) is 5.22. The number of nitrogens with zero attached hydrogens (tertiary/aromatic N) is 1. The zero-order valence-corrected chi connectivity index (χ0v) is 23.3. The molecule has 4 atom stereocenters. The fraction of sp³-hybridized carbons (Fsp3) is 0.690. The summed E-state index contributed by atoms with van der Waals surface area (Å²) in [5, 5.41) is 16.7. The predicted molar refractivity (Wildman–Crippen MR) is 144 cm³/mol. The van der Waals surface area contributed by atoms with Crippen LogP contribution < -0.4 is 10.6 Å². The largest absolute Gasteiger partial charge is 0.445 e. The topological polar surface area (TPSA) is 117 Å². The molecule has 0 aromatic heterocycles. The van der Waals surface area contributed by atoms with Gasteiger partial charge in [0, 0.05) is 6.04 Å². The molecule has 3 amide bonds. The molecule has 1 saturated carbocycles. The number of carbonyl (C=O) groups is 3. The van der Waals surface area contributed by atoms with Gasteiger partial charge >= 0.3 is 12.2 Å². The number of carbonyl (C=O) groups excluding carboxylic acids is 3. The van der Waals surface area contributed by atoms with Gasteiger partial charge in [-0.05, 0) is 58.4 Å². The Labute approximate surface area is 226 Å². The third-order valence-electron chi connectivity index (χ3n) is 7.34. The number of aliphatic hydroxyl groups is 1. The van der Waals surface area contributed by atoms with Crippen LogP contribution in [0.5, 0.6) is 0 Å². The van der Waals surface area contributed by atoms with Gasteiger partial charge in [0.15, 0.2) is 0 Å². The number of alkyl carbamates (subject to hydrolysis) is 1. The molecular formula is C29H45N3O6. The lowest BCUT2D eigenvalue weighted by atomic mass is 9.84. The highest BCUT2D eigenvalue weighted by atomic mass is 16.6. The van der Waals surface area contributed by atoms with Crippen molar-refractivity contribution in [3.8, 4) is 0 Å². The standard InChI is InChI=1S/C29H45N3O6/c1-20-15-16-23(25(33)18-32(20)28(36)37-19-22-13-9-6-10-14-22)30-26(34)24(17-21-11-7-5-8-12-21)31-27(35)38-29(2,3)4/h6,9-10,13-14,20-21,23-25,33H,5,7-8,11-12,15-19H2,1-4H3,(H,30,34)(H,31,35)/t20-,23+,24?,25+/m1/s1. The van der Waals surface area contributed by atoms with E-state index in [1.807, 2.05) is 37.3 Å². The van der Waals surface area contributed by atoms with E-state index in [1.165, 1.54) is 11.3 Å². The third kappa shape index (κ3) is 9.49. The highest BCUT2D eigenvalue weighted by molar-refractivity contribution is 5.86. The first kappa shape index (κ1) is 29.7. The van der Waals surface area contributed by atoms with Gasteiger partial charge in [0.2, 0.25) is 5.91 Å². The van der Waals surface area contributed by atoms with Crippen LogP contribution in [0, 0.1) is 5.92 Å². The Kier molecular flexibility index (Phi) is 10.8. The summed E-state index contributed by atoms with van der Waals surface area (Å²) in [5.74, 6) is 0.0154. The van der Waals surface area contributed by atoms with E-state index in [0.29, 0.717) is 25.2 Å². The molecule has 1 aliphatic carbocycles. The van der Waals surface area contributed by atoms with Crippen molar-refractivity contribution in [3.05, 3.63) is 35.9 Å². The number of aliphatic hydroxyl groups excluding tert-OH is 1. The number of rotatable bonds is 7. The Balaban J connectivity index is 1.61. The summed E-state index contributed by atoms with van der Waals surface area (Å²) in [7, 11) is 0. The van der Waals surface area contributed by atoms with Gasteiger partial charge < -0.3 is 30.1 Å². The molecule has 1 aromatic rings. The number of likely N-dealkylation sites (tertiary alicyclic amines) is 1. The van der Waals surface area contributed by atoms with E-state index in [-0.39, 0.29) is 25.1 Å². The number of β-amino-alcohol motifs (C(OH)–C–C–N with tert-alkyl or cyclic N) is 1. The van der Waals surface area contributed by atoms with Crippen LogP contribution in [0.1, 0.15) is 84.6 Å². The molecule has 1 saturated heterocycles. The average Bonchev–Trinajstić information content (AvgIpc) is 3.00. The molecule has 9 nitrogen and oxygen atoms in total. The molecular weight excluding hydrogens is 486 g/mol. The fourth-order valence-corrected chi connectivity index (χ4v) is 5.22. The normalized spacial score (nSPS) is 23.6. The van der Waals surface area contributed by atoms with Gasteiger partial charge in [0.1, 0.15) is 18.2 Å². The first-order valence-corrected chi connectivity index (χ1v) is 14.0. The second kappa shape index (κ2) is 13.8. The maximum atomic E-state index is 13.4. The van der Waals surface area contributed by atoms with Crippen LogP contribution in [0.3, 0.4) is 0 Å². The lowest BCUT2D eigenvalue weighted by Crippen LogP contribution is -2.54. The molecule has 0 radical (unpaired) electrons. The summed E-state index contributed by atoms with van der Waals surface area (Å²) in [4.78, 5) is 40.3. The monoisotopic (exact) mass is 531 g/mol. The van der Waals surface area contributed by atoms with E-state index in [0.717, 1.165) is 31.2 Å². The first-order valence-electron chi connectivity index (χ1n) is 14.0. The van der Waals surface area contributed by atoms with Gasteiger partial charge in [-0.1, -0.05) is 62.4 Å². The van der Waals surface area contributed by atoms with Crippen LogP contribution in [0.2, 0.25) is 0 Å². The van der Waals surface area contributed by atoms with Crippen LogP contribution in [0.25, 0.3) is 0 Å². The number of hydrogen-bond donors (Lipinski definition) is 3. The molecule has 3 rings (SSSR count). The Morgan fingerprint density at radius 1 is 1.05 bits per heavy atom. The summed E-state index contributed by atoms with van der Waals surface area (Å²) >= 11 is 0. The van der Waals surface area contributed by atoms with Gasteiger partial charge in [0.25, 0.3) is 0 Å². The van der Waals surface area contributed by atoms with Crippen LogP contribution >= 0.6 is 0 Å². The molecule has 1 aromatic carbocycles. The van der Waals surface area contributed by atoms with Crippen LogP contribution in [0.4, 0.5) is 9.59 Å². The lowest BCUT2D eigenvalue weighted by Gasteiger charge is -2.30. The quantitative estimate of drug-likeness (QED) is 0.476. The Hall–Kier alpha value is -2.81. The zero-order chi connectivity index (χ0) is 27.7. The lowest BCUT2D eigenvalue weighted by molar-refractivity contribution is -0.125. The van der Waals surface area contributed by atoms with Crippen LogP contribution in [0.15, 0.2) is 30.3 Å². The highest BCUT2D eigenvalue weighted by Gasteiger charge is 2.35. The maximum Gasteiger partial charge on any atom is 0.410 e. The maximum absolute atomic E-state index is 13.4. The molecule has 1 heterocycles. The molecule has 1 unspecified atom stereocenters. The molecule has 2 fully saturated rings. The molecule has 1 aliphatic heterocycles. The van der Waals surface area contributed by atoms with E-state index in [2.05, 4.69) is 10.6 Å². The Bertz CT molecular complexity index is 913. The van der Waals surface area contributed by atoms with Crippen molar-refractivity contribution in [2.45, 2.75) is 115 Å². The zero-order valence-electron chi connectivity index (χ0n) is 23.3. The van der Waals surface area contributed by atoms with Crippen molar-refractivity contribution in [1.29, 1.82) is 0 Å². The minimum atomic E-state index is -0.968. The van der Waals surface area contributed by atoms with Crippen molar-refractivity contribution in [3.63, 3.8) is 0 Å². The number of benzene rings is 1. The molecule has 38 heavy (non-hydrogen) atoms. The molecule has 3 N–H and O–H groups in total. The minimum Gasteiger partial charge on any atom is -0.445 e.